The van der Waals surface area contributed by atoms with Crippen LogP contribution in [0.3, 0.4) is 0 Å². The van der Waals surface area contributed by atoms with Crippen LogP contribution in [0.1, 0.15) is 29.7 Å². The van der Waals surface area contributed by atoms with Gasteiger partial charge in [-0.2, -0.15) is 0 Å². The van der Waals surface area contributed by atoms with E-state index in [2.05, 4.69) is 12.2 Å². The predicted molar refractivity (Wildman–Crippen MR) is 81.1 cm³/mol. The van der Waals surface area contributed by atoms with Gasteiger partial charge in [0, 0.05) is 16.3 Å². The molecule has 2 nitrogen and oxygen atoms in total. The van der Waals surface area contributed by atoms with Crippen LogP contribution < -0.4 is 5.32 Å². The number of halogens is 1. The van der Waals surface area contributed by atoms with Crippen molar-refractivity contribution in [3.8, 4) is 5.75 Å². The Kier molecular flexibility index (Phi) is 4.01. The smallest absolute Gasteiger partial charge is 0.123 e. The summed E-state index contributed by atoms with van der Waals surface area (Å²) in [6.45, 7) is 5.85. The van der Waals surface area contributed by atoms with Crippen LogP contribution in [0.2, 0.25) is 5.02 Å². The summed E-state index contributed by atoms with van der Waals surface area (Å²) in [7, 11) is 0. The number of benzene rings is 2. The van der Waals surface area contributed by atoms with Gasteiger partial charge in [0.2, 0.25) is 0 Å². The van der Waals surface area contributed by atoms with Crippen molar-refractivity contribution < 1.29 is 5.11 Å². The first-order valence-electron chi connectivity index (χ1n) is 6.31. The zero-order chi connectivity index (χ0) is 14.0. The molecule has 0 aliphatic heterocycles. The summed E-state index contributed by atoms with van der Waals surface area (Å²) in [4.78, 5) is 0. The van der Waals surface area contributed by atoms with Crippen molar-refractivity contribution in [1.29, 1.82) is 0 Å². The van der Waals surface area contributed by atoms with E-state index in [1.165, 1.54) is 0 Å². The number of anilines is 1. The average Bonchev–Trinajstić information content (AvgIpc) is 2.40. The molecule has 2 aromatic carbocycles. The fourth-order valence-electron chi connectivity index (χ4n) is 2.13. The molecule has 2 rings (SSSR count). The molecule has 0 amide bonds. The summed E-state index contributed by atoms with van der Waals surface area (Å²) in [5.74, 6) is 0.344. The molecule has 2 aromatic rings. The first-order valence-corrected chi connectivity index (χ1v) is 6.68. The molecule has 0 saturated carbocycles. The Bertz CT molecular complexity index is 595. The van der Waals surface area contributed by atoms with E-state index >= 15 is 0 Å². The molecule has 100 valence electrons. The number of phenols is 1. The Hall–Kier alpha value is -1.67. The monoisotopic (exact) mass is 275 g/mol. The molecule has 0 aromatic heterocycles. The number of nitrogens with one attached hydrogen (secondary N) is 1. The second-order valence-corrected chi connectivity index (χ2v) is 5.20. The lowest BCUT2D eigenvalue weighted by Gasteiger charge is -2.19. The van der Waals surface area contributed by atoms with Gasteiger partial charge in [0.15, 0.2) is 0 Å². The van der Waals surface area contributed by atoms with Gasteiger partial charge in [0.05, 0.1) is 6.04 Å². The van der Waals surface area contributed by atoms with Crippen LogP contribution >= 0.6 is 11.6 Å². The fourth-order valence-corrected chi connectivity index (χ4v) is 2.43. The number of hydrogen-bond donors (Lipinski definition) is 2. The molecule has 1 unspecified atom stereocenters. The van der Waals surface area contributed by atoms with E-state index in [1.54, 1.807) is 0 Å². The first kappa shape index (κ1) is 13.8. The van der Waals surface area contributed by atoms with Gasteiger partial charge in [-0.15, -0.1) is 0 Å². The second kappa shape index (κ2) is 5.54. The molecule has 1 atom stereocenters. The summed E-state index contributed by atoms with van der Waals surface area (Å²) in [6, 6.07) is 11.7. The van der Waals surface area contributed by atoms with Crippen molar-refractivity contribution in [2.45, 2.75) is 26.8 Å². The van der Waals surface area contributed by atoms with E-state index in [-0.39, 0.29) is 6.04 Å². The molecule has 19 heavy (non-hydrogen) atoms. The van der Waals surface area contributed by atoms with Crippen molar-refractivity contribution in [3.05, 3.63) is 58.1 Å². The van der Waals surface area contributed by atoms with Crippen LogP contribution in [0.5, 0.6) is 5.75 Å². The summed E-state index contributed by atoms with van der Waals surface area (Å²) in [5, 5.41) is 14.1. The first-order chi connectivity index (χ1) is 9.00. The highest BCUT2D eigenvalue weighted by molar-refractivity contribution is 6.31. The van der Waals surface area contributed by atoms with E-state index in [0.29, 0.717) is 5.75 Å². The molecule has 0 spiro atoms. The van der Waals surface area contributed by atoms with Gasteiger partial charge in [-0.3, -0.25) is 0 Å². The second-order valence-electron chi connectivity index (χ2n) is 4.79. The number of phenolic OH excluding ortho intramolecular Hbond substituents is 1. The third-order valence-corrected chi connectivity index (χ3v) is 3.72. The molecule has 0 radical (unpaired) electrons. The summed E-state index contributed by atoms with van der Waals surface area (Å²) in [5.41, 5.74) is 3.71. The maximum absolute atomic E-state index is 9.96. The molecule has 3 heteroatoms. The lowest BCUT2D eigenvalue weighted by atomic mass is 10.1. The molecule has 0 saturated heterocycles. The van der Waals surface area contributed by atoms with Crippen molar-refractivity contribution in [2.75, 3.05) is 5.32 Å². The molecule has 0 bridgehead atoms. The Balaban J connectivity index is 2.27. The van der Waals surface area contributed by atoms with Crippen molar-refractivity contribution in [2.24, 2.45) is 0 Å². The van der Waals surface area contributed by atoms with Crippen LogP contribution in [0, 0.1) is 13.8 Å². The van der Waals surface area contributed by atoms with Crippen molar-refractivity contribution in [3.63, 3.8) is 0 Å². The van der Waals surface area contributed by atoms with E-state index in [0.717, 1.165) is 27.4 Å². The Morgan fingerprint density at radius 2 is 1.79 bits per heavy atom. The number of aryl methyl sites for hydroxylation is 1. The Morgan fingerprint density at radius 3 is 2.47 bits per heavy atom. The number of hydrogen-bond acceptors (Lipinski definition) is 2. The third kappa shape index (κ3) is 2.85. The SMILES string of the molecule is Cc1ccc(NC(C)c2ccccc2Cl)c(C)c1O. The van der Waals surface area contributed by atoms with Gasteiger partial charge in [-0.25, -0.2) is 0 Å². The van der Waals surface area contributed by atoms with Crippen molar-refractivity contribution in [1.82, 2.24) is 0 Å². The molecule has 0 aliphatic rings. The normalized spacial score (nSPS) is 12.2. The highest BCUT2D eigenvalue weighted by atomic mass is 35.5. The fraction of sp³-hybridized carbons (Fsp3) is 0.250. The highest BCUT2D eigenvalue weighted by Gasteiger charge is 2.12. The largest absolute Gasteiger partial charge is 0.507 e. The maximum Gasteiger partial charge on any atom is 0.123 e. The van der Waals surface area contributed by atoms with Gasteiger partial charge in [0.1, 0.15) is 5.75 Å². The van der Waals surface area contributed by atoms with Gasteiger partial charge < -0.3 is 10.4 Å². The minimum absolute atomic E-state index is 0.0782. The summed E-state index contributed by atoms with van der Waals surface area (Å²) < 4.78 is 0. The topological polar surface area (TPSA) is 32.3 Å². The molecule has 2 N–H and O–H groups in total. The lowest BCUT2D eigenvalue weighted by molar-refractivity contribution is 0.467. The summed E-state index contributed by atoms with van der Waals surface area (Å²) >= 11 is 6.19. The molecular weight excluding hydrogens is 258 g/mol. The zero-order valence-electron chi connectivity index (χ0n) is 11.4. The van der Waals surface area contributed by atoms with E-state index < -0.39 is 0 Å². The molecule has 0 heterocycles. The van der Waals surface area contributed by atoms with Gasteiger partial charge in [-0.05, 0) is 44.0 Å². The average molecular weight is 276 g/mol. The Labute approximate surface area is 119 Å². The minimum Gasteiger partial charge on any atom is -0.507 e. The number of rotatable bonds is 3. The van der Waals surface area contributed by atoms with Crippen LogP contribution in [0.25, 0.3) is 0 Å². The number of aromatic hydroxyl groups is 1. The van der Waals surface area contributed by atoms with Crippen LogP contribution in [0.4, 0.5) is 5.69 Å². The zero-order valence-corrected chi connectivity index (χ0v) is 12.1. The third-order valence-electron chi connectivity index (χ3n) is 3.38. The molecule has 0 aliphatic carbocycles. The highest BCUT2D eigenvalue weighted by Crippen LogP contribution is 2.32. The Morgan fingerprint density at radius 1 is 1.11 bits per heavy atom. The predicted octanol–water partition coefficient (Wildman–Crippen LogP) is 4.84. The van der Waals surface area contributed by atoms with Crippen LogP contribution in [-0.4, -0.2) is 5.11 Å². The van der Waals surface area contributed by atoms with Crippen LogP contribution in [0.15, 0.2) is 36.4 Å². The maximum atomic E-state index is 9.96. The minimum atomic E-state index is 0.0782. The standard InChI is InChI=1S/C16H18ClNO/c1-10-8-9-15(11(2)16(10)19)18-12(3)13-6-4-5-7-14(13)17/h4-9,12,18-19H,1-3H3. The van der Waals surface area contributed by atoms with E-state index in [9.17, 15) is 5.11 Å². The lowest BCUT2D eigenvalue weighted by Crippen LogP contribution is -2.08. The quantitative estimate of drug-likeness (QED) is 0.840. The van der Waals surface area contributed by atoms with E-state index in [1.807, 2.05) is 50.2 Å². The van der Waals surface area contributed by atoms with Crippen molar-refractivity contribution >= 4 is 17.3 Å². The van der Waals surface area contributed by atoms with Gasteiger partial charge in [-0.1, -0.05) is 35.9 Å². The molecular formula is C16H18ClNO. The molecule has 0 fully saturated rings. The van der Waals surface area contributed by atoms with Gasteiger partial charge >= 0.3 is 0 Å². The summed E-state index contributed by atoms with van der Waals surface area (Å²) in [6.07, 6.45) is 0. The van der Waals surface area contributed by atoms with E-state index in [4.69, 9.17) is 11.6 Å². The van der Waals surface area contributed by atoms with Crippen LogP contribution in [-0.2, 0) is 0 Å². The van der Waals surface area contributed by atoms with Gasteiger partial charge in [0.25, 0.3) is 0 Å².